The van der Waals surface area contributed by atoms with Crippen molar-refractivity contribution < 1.29 is 0 Å². The summed E-state index contributed by atoms with van der Waals surface area (Å²) in [7, 11) is 0. The van der Waals surface area contributed by atoms with Crippen molar-refractivity contribution in [2.45, 2.75) is 25.3 Å². The molecule has 0 fully saturated rings. The highest BCUT2D eigenvalue weighted by Crippen LogP contribution is 2.23. The van der Waals surface area contributed by atoms with Crippen LogP contribution in [0.4, 0.5) is 0 Å². The van der Waals surface area contributed by atoms with Gasteiger partial charge in [0.25, 0.3) is 0 Å². The summed E-state index contributed by atoms with van der Waals surface area (Å²) in [6.07, 6.45) is 6.50. The molecular weight excluding hydrogens is 280 g/mol. The van der Waals surface area contributed by atoms with Crippen LogP contribution in [0.3, 0.4) is 0 Å². The molecule has 2 aromatic heterocycles. The summed E-state index contributed by atoms with van der Waals surface area (Å²) in [4.78, 5) is 8.81. The summed E-state index contributed by atoms with van der Waals surface area (Å²) in [5, 5.41) is 1.13. The summed E-state index contributed by atoms with van der Waals surface area (Å²) in [6, 6.07) is 12.5. The fourth-order valence-corrected chi connectivity index (χ4v) is 3.40. The highest BCUT2D eigenvalue weighted by atomic mass is 32.1. The number of fused-ring (bicyclic) bond motifs is 1. The van der Waals surface area contributed by atoms with E-state index in [9.17, 15) is 0 Å². The lowest BCUT2D eigenvalue weighted by Gasteiger charge is -2.14. The molecule has 1 unspecified atom stereocenters. The van der Waals surface area contributed by atoms with Crippen LogP contribution in [0.1, 0.15) is 17.0 Å². The van der Waals surface area contributed by atoms with Gasteiger partial charge >= 0.3 is 0 Å². The van der Waals surface area contributed by atoms with E-state index in [1.807, 2.05) is 24.4 Å². The first-order valence-corrected chi connectivity index (χ1v) is 7.86. The third-order valence-electron chi connectivity index (χ3n) is 3.50. The molecule has 108 valence electrons. The van der Waals surface area contributed by atoms with Gasteiger partial charge in [-0.25, -0.2) is 4.98 Å². The van der Waals surface area contributed by atoms with Crippen LogP contribution in [0.25, 0.3) is 10.2 Å². The number of thiazole rings is 1. The molecule has 5 heteroatoms. The Labute approximate surface area is 128 Å². The minimum Gasteiger partial charge on any atom is -0.271 e. The van der Waals surface area contributed by atoms with Crippen molar-refractivity contribution in [2.24, 2.45) is 5.84 Å². The molecule has 0 aliphatic heterocycles. The smallest absolute Gasteiger partial charge is 0.0954 e. The Morgan fingerprint density at radius 1 is 1.19 bits per heavy atom. The van der Waals surface area contributed by atoms with Gasteiger partial charge in [0.05, 0.1) is 15.2 Å². The maximum atomic E-state index is 5.69. The number of hydrogen-bond donors (Lipinski definition) is 2. The predicted octanol–water partition coefficient (Wildman–Crippen LogP) is 2.70. The van der Waals surface area contributed by atoms with E-state index in [-0.39, 0.29) is 6.04 Å². The predicted molar refractivity (Wildman–Crippen MR) is 87.0 cm³/mol. The van der Waals surface area contributed by atoms with Gasteiger partial charge in [-0.1, -0.05) is 18.2 Å². The van der Waals surface area contributed by atoms with E-state index in [0.717, 1.165) is 29.8 Å². The highest BCUT2D eigenvalue weighted by molar-refractivity contribution is 7.18. The number of hydrazine groups is 1. The van der Waals surface area contributed by atoms with Crippen molar-refractivity contribution in [1.29, 1.82) is 0 Å². The molecule has 0 saturated carbocycles. The van der Waals surface area contributed by atoms with E-state index in [2.05, 4.69) is 33.6 Å². The summed E-state index contributed by atoms with van der Waals surface area (Å²) in [6.45, 7) is 0. The van der Waals surface area contributed by atoms with Gasteiger partial charge in [-0.05, 0) is 36.6 Å². The number of hydrogen-bond acceptors (Lipinski definition) is 5. The van der Waals surface area contributed by atoms with Crippen molar-refractivity contribution in [3.63, 3.8) is 0 Å². The van der Waals surface area contributed by atoms with Crippen LogP contribution in [0.5, 0.6) is 0 Å². The summed E-state index contributed by atoms with van der Waals surface area (Å²) >= 11 is 1.74. The summed E-state index contributed by atoms with van der Waals surface area (Å²) < 4.78 is 1.23. The van der Waals surface area contributed by atoms with Gasteiger partial charge in [0.1, 0.15) is 0 Å². The fraction of sp³-hybridized carbons (Fsp3) is 0.250. The van der Waals surface area contributed by atoms with Crippen LogP contribution in [-0.2, 0) is 12.8 Å². The Kier molecular flexibility index (Phi) is 4.55. The molecule has 0 aliphatic carbocycles. The van der Waals surface area contributed by atoms with Crippen molar-refractivity contribution in [3.8, 4) is 0 Å². The van der Waals surface area contributed by atoms with Gasteiger partial charge in [0, 0.05) is 24.9 Å². The molecule has 2 heterocycles. The average molecular weight is 298 g/mol. The Morgan fingerprint density at radius 2 is 2.10 bits per heavy atom. The van der Waals surface area contributed by atoms with Gasteiger partial charge in [-0.15, -0.1) is 11.3 Å². The second kappa shape index (κ2) is 6.76. The van der Waals surface area contributed by atoms with Gasteiger partial charge in [0.15, 0.2) is 0 Å². The van der Waals surface area contributed by atoms with E-state index < -0.39 is 0 Å². The van der Waals surface area contributed by atoms with Gasteiger partial charge in [0.2, 0.25) is 0 Å². The van der Waals surface area contributed by atoms with E-state index in [1.165, 1.54) is 10.3 Å². The van der Waals surface area contributed by atoms with Crippen LogP contribution in [-0.4, -0.2) is 16.0 Å². The number of rotatable bonds is 6. The van der Waals surface area contributed by atoms with Crippen molar-refractivity contribution >= 4 is 21.6 Å². The third kappa shape index (κ3) is 3.64. The Bertz CT molecular complexity index is 663. The standard InChI is InChI=1S/C16H18N4S/c17-20-13(8-7-12-4-3-9-18-11-12)10-16-19-14-5-1-2-6-15(14)21-16/h1-6,9,11,13,20H,7-8,10,17H2. The lowest BCUT2D eigenvalue weighted by molar-refractivity contribution is 0.490. The molecule has 0 saturated heterocycles. The minimum absolute atomic E-state index is 0.228. The Hall–Kier alpha value is -1.82. The lowest BCUT2D eigenvalue weighted by atomic mass is 10.1. The summed E-state index contributed by atoms with van der Waals surface area (Å²) in [5.41, 5.74) is 5.22. The van der Waals surface area contributed by atoms with Crippen molar-refractivity contribution in [1.82, 2.24) is 15.4 Å². The maximum Gasteiger partial charge on any atom is 0.0954 e. The molecule has 0 spiro atoms. The number of pyridine rings is 1. The number of nitrogens with two attached hydrogens (primary N) is 1. The van der Waals surface area contributed by atoms with Gasteiger partial charge in [-0.3, -0.25) is 16.3 Å². The van der Waals surface area contributed by atoms with Crippen LogP contribution >= 0.6 is 11.3 Å². The van der Waals surface area contributed by atoms with Crippen LogP contribution in [0, 0.1) is 0 Å². The summed E-state index contributed by atoms with van der Waals surface area (Å²) in [5.74, 6) is 5.69. The van der Waals surface area contributed by atoms with Crippen LogP contribution < -0.4 is 11.3 Å². The molecule has 1 atom stereocenters. The average Bonchev–Trinajstić information content (AvgIpc) is 2.94. The zero-order chi connectivity index (χ0) is 14.5. The monoisotopic (exact) mass is 298 g/mol. The minimum atomic E-state index is 0.228. The zero-order valence-electron chi connectivity index (χ0n) is 11.7. The number of aromatic nitrogens is 2. The lowest BCUT2D eigenvalue weighted by Crippen LogP contribution is -2.37. The largest absolute Gasteiger partial charge is 0.271 e. The number of aryl methyl sites for hydroxylation is 1. The number of nitrogens with zero attached hydrogens (tertiary/aromatic N) is 2. The first kappa shape index (κ1) is 14.1. The van der Waals surface area contributed by atoms with E-state index in [1.54, 1.807) is 17.5 Å². The van der Waals surface area contributed by atoms with Crippen LogP contribution in [0.2, 0.25) is 0 Å². The zero-order valence-corrected chi connectivity index (χ0v) is 12.5. The number of nitrogens with one attached hydrogen (secondary N) is 1. The van der Waals surface area contributed by atoms with Crippen molar-refractivity contribution in [2.75, 3.05) is 0 Å². The first-order chi connectivity index (χ1) is 10.3. The molecule has 0 bridgehead atoms. The molecule has 0 amide bonds. The SMILES string of the molecule is NNC(CCc1cccnc1)Cc1nc2ccccc2s1. The molecule has 1 aromatic carbocycles. The van der Waals surface area contributed by atoms with E-state index in [0.29, 0.717) is 0 Å². The molecule has 21 heavy (non-hydrogen) atoms. The third-order valence-corrected chi connectivity index (χ3v) is 4.56. The molecule has 0 radical (unpaired) electrons. The number of para-hydroxylation sites is 1. The van der Waals surface area contributed by atoms with Crippen LogP contribution in [0.15, 0.2) is 48.8 Å². The Balaban J connectivity index is 1.63. The second-order valence-electron chi connectivity index (χ2n) is 5.04. The first-order valence-electron chi connectivity index (χ1n) is 7.04. The molecule has 3 aromatic rings. The highest BCUT2D eigenvalue weighted by Gasteiger charge is 2.11. The van der Waals surface area contributed by atoms with Gasteiger partial charge in [-0.2, -0.15) is 0 Å². The molecule has 0 aliphatic rings. The fourth-order valence-electron chi connectivity index (χ4n) is 2.35. The maximum absolute atomic E-state index is 5.69. The van der Waals surface area contributed by atoms with Gasteiger partial charge < -0.3 is 0 Å². The normalized spacial score (nSPS) is 12.6. The molecular formula is C16H18N4S. The molecule has 4 nitrogen and oxygen atoms in total. The number of benzene rings is 1. The second-order valence-corrected chi connectivity index (χ2v) is 6.16. The van der Waals surface area contributed by atoms with Crippen molar-refractivity contribution in [3.05, 3.63) is 59.4 Å². The van der Waals surface area contributed by atoms with E-state index >= 15 is 0 Å². The van der Waals surface area contributed by atoms with E-state index in [4.69, 9.17) is 5.84 Å². The molecule has 3 rings (SSSR count). The molecule has 3 N–H and O–H groups in total. The topological polar surface area (TPSA) is 63.8 Å². The quantitative estimate of drug-likeness (QED) is 0.542. The Morgan fingerprint density at radius 3 is 2.86 bits per heavy atom.